The summed E-state index contributed by atoms with van der Waals surface area (Å²) in [6, 6.07) is 18.1. The third-order valence-corrected chi connectivity index (χ3v) is 8.31. The van der Waals surface area contributed by atoms with E-state index in [1.165, 1.54) is 35.2 Å². The topological polar surface area (TPSA) is 86.8 Å². The molecule has 2 amide bonds. The van der Waals surface area contributed by atoms with Crippen LogP contribution in [0.25, 0.3) is 0 Å². The monoisotopic (exact) mass is 595 g/mol. The Hall–Kier alpha value is -2.78. The lowest BCUT2D eigenvalue weighted by atomic mass is 10.1. The molecule has 7 nitrogen and oxygen atoms in total. The number of sulfonamides is 1. The van der Waals surface area contributed by atoms with Crippen LogP contribution in [-0.4, -0.2) is 44.3 Å². The van der Waals surface area contributed by atoms with Crippen LogP contribution in [0.4, 0.5) is 5.69 Å². The van der Waals surface area contributed by atoms with Gasteiger partial charge in [-0.3, -0.25) is 13.9 Å². The van der Waals surface area contributed by atoms with E-state index >= 15 is 0 Å². The molecule has 38 heavy (non-hydrogen) atoms. The molecule has 0 aliphatic heterocycles. The van der Waals surface area contributed by atoms with Crippen LogP contribution >= 0.6 is 34.8 Å². The van der Waals surface area contributed by atoms with Gasteiger partial charge >= 0.3 is 0 Å². The lowest BCUT2D eigenvalue weighted by molar-refractivity contribution is -0.139. The maximum absolute atomic E-state index is 13.8. The molecule has 0 spiro atoms. The van der Waals surface area contributed by atoms with Crippen molar-refractivity contribution in [2.45, 2.75) is 37.8 Å². The summed E-state index contributed by atoms with van der Waals surface area (Å²) in [6.07, 6.45) is 0.719. The Morgan fingerprint density at radius 1 is 0.921 bits per heavy atom. The summed E-state index contributed by atoms with van der Waals surface area (Å²) in [6.45, 7) is 3.36. The van der Waals surface area contributed by atoms with Gasteiger partial charge in [0.05, 0.1) is 15.6 Å². The second-order valence-corrected chi connectivity index (χ2v) is 11.7. The number of carbonyl (C=O) groups excluding carboxylic acids is 2. The van der Waals surface area contributed by atoms with E-state index in [1.807, 2.05) is 6.92 Å². The number of hydrogen-bond acceptors (Lipinski definition) is 4. The zero-order valence-electron chi connectivity index (χ0n) is 20.9. The number of rotatable bonds is 11. The Morgan fingerprint density at radius 3 is 2.26 bits per heavy atom. The Kier molecular flexibility index (Phi) is 10.4. The molecule has 0 fully saturated rings. The summed E-state index contributed by atoms with van der Waals surface area (Å²) >= 11 is 18.7. The zero-order valence-corrected chi connectivity index (χ0v) is 24.0. The normalized spacial score (nSPS) is 12.0. The van der Waals surface area contributed by atoms with Crippen molar-refractivity contribution in [1.82, 2.24) is 10.2 Å². The first-order valence-electron chi connectivity index (χ1n) is 11.9. The van der Waals surface area contributed by atoms with Gasteiger partial charge in [0.2, 0.25) is 11.8 Å². The van der Waals surface area contributed by atoms with Crippen LogP contribution < -0.4 is 9.62 Å². The number of carbonyl (C=O) groups is 2. The van der Waals surface area contributed by atoms with E-state index in [1.54, 1.807) is 49.4 Å². The maximum atomic E-state index is 13.8. The number of benzene rings is 3. The molecule has 0 aliphatic rings. The average molecular weight is 597 g/mol. The molecule has 1 atom stereocenters. The molecule has 3 aromatic carbocycles. The van der Waals surface area contributed by atoms with Crippen LogP contribution in [0.3, 0.4) is 0 Å². The van der Waals surface area contributed by atoms with Crippen molar-refractivity contribution in [1.29, 1.82) is 0 Å². The first kappa shape index (κ1) is 29.8. The van der Waals surface area contributed by atoms with Gasteiger partial charge in [-0.25, -0.2) is 8.42 Å². The molecule has 11 heteroatoms. The Bertz CT molecular complexity index is 1390. The SMILES string of the molecule is CCCNC(=O)[C@H](C)N(Cc1cccc(Cl)c1)C(=O)CN(c1cc(Cl)ccc1Cl)S(=O)(=O)c1ccccc1. The molecule has 3 rings (SSSR count). The van der Waals surface area contributed by atoms with Crippen LogP contribution in [0.1, 0.15) is 25.8 Å². The van der Waals surface area contributed by atoms with Crippen molar-refractivity contribution >= 4 is 62.3 Å². The zero-order chi connectivity index (χ0) is 27.9. The van der Waals surface area contributed by atoms with Gasteiger partial charge in [0.15, 0.2) is 0 Å². The summed E-state index contributed by atoms with van der Waals surface area (Å²) in [7, 11) is -4.24. The van der Waals surface area contributed by atoms with Gasteiger partial charge in [-0.2, -0.15) is 0 Å². The van der Waals surface area contributed by atoms with E-state index in [0.717, 1.165) is 10.7 Å². The molecule has 0 heterocycles. The predicted octanol–water partition coefficient (Wildman–Crippen LogP) is 5.79. The lowest BCUT2D eigenvalue weighted by Gasteiger charge is -2.32. The van der Waals surface area contributed by atoms with Crippen LogP contribution in [0, 0.1) is 0 Å². The van der Waals surface area contributed by atoms with Crippen molar-refractivity contribution in [3.8, 4) is 0 Å². The molecule has 0 radical (unpaired) electrons. The fourth-order valence-electron chi connectivity index (χ4n) is 3.72. The number of anilines is 1. The molecular weight excluding hydrogens is 569 g/mol. The highest BCUT2D eigenvalue weighted by molar-refractivity contribution is 7.92. The fraction of sp³-hybridized carbons (Fsp3) is 0.259. The summed E-state index contributed by atoms with van der Waals surface area (Å²) in [5, 5.41) is 3.60. The first-order chi connectivity index (χ1) is 18.0. The Balaban J connectivity index is 2.05. The maximum Gasteiger partial charge on any atom is 0.264 e. The molecule has 0 aromatic heterocycles. The summed E-state index contributed by atoms with van der Waals surface area (Å²) < 4.78 is 28.4. The predicted molar refractivity (Wildman–Crippen MR) is 152 cm³/mol. The van der Waals surface area contributed by atoms with E-state index in [2.05, 4.69) is 5.32 Å². The third-order valence-electron chi connectivity index (χ3n) is 5.75. The smallest absolute Gasteiger partial charge is 0.264 e. The Labute approximate surface area is 238 Å². The van der Waals surface area contributed by atoms with Crippen molar-refractivity contribution in [2.75, 3.05) is 17.4 Å². The minimum atomic E-state index is -4.24. The van der Waals surface area contributed by atoms with Crippen molar-refractivity contribution in [3.05, 3.63) is 93.4 Å². The number of amides is 2. The van der Waals surface area contributed by atoms with E-state index in [0.29, 0.717) is 17.1 Å². The van der Waals surface area contributed by atoms with Crippen molar-refractivity contribution in [2.24, 2.45) is 0 Å². The van der Waals surface area contributed by atoms with Gasteiger partial charge in [-0.05, 0) is 61.4 Å². The second-order valence-electron chi connectivity index (χ2n) is 8.54. The number of nitrogens with one attached hydrogen (secondary N) is 1. The molecule has 0 saturated carbocycles. The fourth-order valence-corrected chi connectivity index (χ4v) is 5.82. The van der Waals surface area contributed by atoms with E-state index in [-0.39, 0.29) is 33.1 Å². The van der Waals surface area contributed by atoms with Gasteiger partial charge in [-0.15, -0.1) is 0 Å². The van der Waals surface area contributed by atoms with Gasteiger partial charge in [0.25, 0.3) is 10.0 Å². The average Bonchev–Trinajstić information content (AvgIpc) is 2.90. The molecule has 0 aliphatic carbocycles. The Morgan fingerprint density at radius 2 is 1.61 bits per heavy atom. The van der Waals surface area contributed by atoms with Crippen LogP contribution in [0.5, 0.6) is 0 Å². The van der Waals surface area contributed by atoms with Crippen molar-refractivity contribution in [3.63, 3.8) is 0 Å². The second kappa shape index (κ2) is 13.3. The minimum absolute atomic E-state index is 0.0287. The van der Waals surface area contributed by atoms with Crippen LogP contribution in [0.15, 0.2) is 77.7 Å². The summed E-state index contributed by atoms with van der Waals surface area (Å²) in [5.74, 6) is -0.972. The number of nitrogens with zero attached hydrogens (tertiary/aromatic N) is 2. The highest BCUT2D eigenvalue weighted by Crippen LogP contribution is 2.33. The summed E-state index contributed by atoms with van der Waals surface area (Å²) in [5.41, 5.74) is 0.724. The molecule has 3 aromatic rings. The largest absolute Gasteiger partial charge is 0.354 e. The van der Waals surface area contributed by atoms with Gasteiger partial charge in [0, 0.05) is 23.1 Å². The van der Waals surface area contributed by atoms with Gasteiger partial charge in [0.1, 0.15) is 12.6 Å². The standard InChI is InChI=1S/C27H28Cl3N3O4S/c1-3-14-31-27(35)19(2)32(17-20-8-7-9-21(28)15-20)26(34)18-33(25-16-22(29)12-13-24(25)30)38(36,37)23-10-5-4-6-11-23/h4-13,15-16,19H,3,14,17-18H2,1-2H3,(H,31,35)/t19-/m0/s1. The van der Waals surface area contributed by atoms with Gasteiger partial charge in [-0.1, -0.05) is 72.1 Å². The molecular formula is C27H28Cl3N3O4S. The first-order valence-corrected chi connectivity index (χ1v) is 14.5. The lowest BCUT2D eigenvalue weighted by Crippen LogP contribution is -2.51. The van der Waals surface area contributed by atoms with Crippen molar-refractivity contribution < 1.29 is 18.0 Å². The quantitative estimate of drug-likeness (QED) is 0.304. The molecule has 202 valence electrons. The molecule has 0 unspecified atom stereocenters. The van der Waals surface area contributed by atoms with E-state index in [4.69, 9.17) is 34.8 Å². The molecule has 1 N–H and O–H groups in total. The third kappa shape index (κ3) is 7.41. The highest BCUT2D eigenvalue weighted by atomic mass is 35.5. The van der Waals surface area contributed by atoms with Crippen LogP contribution in [0.2, 0.25) is 15.1 Å². The molecule has 0 bridgehead atoms. The van der Waals surface area contributed by atoms with E-state index in [9.17, 15) is 18.0 Å². The summed E-state index contributed by atoms with van der Waals surface area (Å²) in [4.78, 5) is 28.0. The molecule has 0 saturated heterocycles. The number of halogens is 3. The highest BCUT2D eigenvalue weighted by Gasteiger charge is 2.33. The minimum Gasteiger partial charge on any atom is -0.354 e. The van der Waals surface area contributed by atoms with Gasteiger partial charge < -0.3 is 10.2 Å². The van der Waals surface area contributed by atoms with Crippen LogP contribution in [-0.2, 0) is 26.2 Å². The van der Waals surface area contributed by atoms with E-state index < -0.39 is 28.5 Å². The number of hydrogen-bond donors (Lipinski definition) is 1.